The second-order valence-corrected chi connectivity index (χ2v) is 5.55. The van der Waals surface area contributed by atoms with E-state index < -0.39 is 0 Å². The zero-order chi connectivity index (χ0) is 14.1. The van der Waals surface area contributed by atoms with Crippen LogP contribution in [0.1, 0.15) is 30.3 Å². The molecule has 0 aliphatic carbocycles. The van der Waals surface area contributed by atoms with Gasteiger partial charge in [-0.3, -0.25) is 9.48 Å². The van der Waals surface area contributed by atoms with Crippen LogP contribution in [0.25, 0.3) is 10.9 Å². The van der Waals surface area contributed by atoms with E-state index in [1.807, 2.05) is 31.3 Å². The molecule has 5 heteroatoms. The van der Waals surface area contributed by atoms with Gasteiger partial charge in [-0.05, 0) is 25.8 Å². The number of hydrogen-bond acceptors (Lipinski definition) is 3. The highest BCUT2D eigenvalue weighted by atomic mass is 16.2. The van der Waals surface area contributed by atoms with Crippen molar-refractivity contribution in [2.45, 2.75) is 31.8 Å². The molecule has 2 heterocycles. The van der Waals surface area contributed by atoms with Gasteiger partial charge in [0.2, 0.25) is 0 Å². The van der Waals surface area contributed by atoms with Gasteiger partial charge in [-0.25, -0.2) is 0 Å². The highest BCUT2D eigenvalue weighted by Gasteiger charge is 2.22. The van der Waals surface area contributed by atoms with Crippen molar-refractivity contribution in [3.05, 3.63) is 30.0 Å². The zero-order valence-electron chi connectivity index (χ0n) is 11.9. The molecule has 1 aromatic carbocycles. The van der Waals surface area contributed by atoms with Crippen LogP contribution >= 0.6 is 0 Å². The van der Waals surface area contributed by atoms with E-state index in [2.05, 4.69) is 22.7 Å². The van der Waals surface area contributed by atoms with Crippen LogP contribution in [0, 0.1) is 0 Å². The van der Waals surface area contributed by atoms with Crippen molar-refractivity contribution in [2.24, 2.45) is 7.05 Å². The van der Waals surface area contributed by atoms with Crippen LogP contribution in [0.5, 0.6) is 0 Å². The zero-order valence-corrected chi connectivity index (χ0v) is 11.9. The maximum Gasteiger partial charge on any atom is 0.272 e. The average molecular weight is 272 g/mol. The largest absolute Gasteiger partial charge is 0.347 e. The number of benzene rings is 1. The summed E-state index contributed by atoms with van der Waals surface area (Å²) in [5.41, 5.74) is 1.50. The van der Waals surface area contributed by atoms with Gasteiger partial charge in [0.15, 0.2) is 5.69 Å². The minimum Gasteiger partial charge on any atom is -0.347 e. The van der Waals surface area contributed by atoms with Crippen molar-refractivity contribution < 1.29 is 4.79 Å². The van der Waals surface area contributed by atoms with Crippen LogP contribution in [0.15, 0.2) is 24.3 Å². The monoisotopic (exact) mass is 272 g/mol. The summed E-state index contributed by atoms with van der Waals surface area (Å²) in [5, 5.41) is 11.7. The molecule has 1 fully saturated rings. The van der Waals surface area contributed by atoms with Gasteiger partial charge in [0, 0.05) is 31.1 Å². The highest BCUT2D eigenvalue weighted by Crippen LogP contribution is 2.18. The molecule has 3 rings (SSSR count). The molecular formula is C15H20N4O. The molecule has 2 aromatic rings. The first-order valence-electron chi connectivity index (χ1n) is 7.11. The first-order valence-corrected chi connectivity index (χ1v) is 7.11. The van der Waals surface area contributed by atoms with Crippen molar-refractivity contribution in [1.82, 2.24) is 20.4 Å². The Labute approximate surface area is 118 Å². The Hall–Kier alpha value is -1.88. The molecule has 2 atom stereocenters. The third-order valence-electron chi connectivity index (χ3n) is 3.97. The smallest absolute Gasteiger partial charge is 0.272 e. The van der Waals surface area contributed by atoms with Crippen molar-refractivity contribution in [2.75, 3.05) is 6.54 Å². The number of amides is 1. The Balaban J connectivity index is 1.79. The van der Waals surface area contributed by atoms with Crippen LogP contribution < -0.4 is 10.6 Å². The molecule has 0 radical (unpaired) electrons. The summed E-state index contributed by atoms with van der Waals surface area (Å²) >= 11 is 0. The van der Waals surface area contributed by atoms with E-state index in [4.69, 9.17) is 0 Å². The first-order chi connectivity index (χ1) is 9.65. The molecule has 20 heavy (non-hydrogen) atoms. The fourth-order valence-electron chi connectivity index (χ4n) is 2.76. The number of fused-ring (bicyclic) bond motifs is 1. The van der Waals surface area contributed by atoms with Gasteiger partial charge in [-0.2, -0.15) is 5.10 Å². The van der Waals surface area contributed by atoms with Gasteiger partial charge in [-0.15, -0.1) is 0 Å². The van der Waals surface area contributed by atoms with Crippen molar-refractivity contribution in [1.29, 1.82) is 0 Å². The maximum absolute atomic E-state index is 12.4. The molecule has 5 nitrogen and oxygen atoms in total. The molecule has 1 aliphatic heterocycles. The molecule has 0 spiro atoms. The summed E-state index contributed by atoms with van der Waals surface area (Å²) in [7, 11) is 1.86. The quantitative estimate of drug-likeness (QED) is 0.870. The fourth-order valence-corrected chi connectivity index (χ4v) is 2.76. The van der Waals surface area contributed by atoms with Crippen LogP contribution in [0.4, 0.5) is 0 Å². The van der Waals surface area contributed by atoms with Gasteiger partial charge in [0.25, 0.3) is 5.91 Å². The van der Waals surface area contributed by atoms with E-state index in [-0.39, 0.29) is 11.9 Å². The Morgan fingerprint density at radius 3 is 2.95 bits per heavy atom. The molecule has 0 saturated carbocycles. The van der Waals surface area contributed by atoms with Crippen molar-refractivity contribution >= 4 is 16.8 Å². The van der Waals surface area contributed by atoms with E-state index in [1.54, 1.807) is 4.68 Å². The summed E-state index contributed by atoms with van der Waals surface area (Å²) in [6, 6.07) is 8.54. The molecule has 0 bridgehead atoms. The summed E-state index contributed by atoms with van der Waals surface area (Å²) in [5.74, 6) is -0.0804. The minimum atomic E-state index is -0.0804. The molecule has 106 valence electrons. The van der Waals surface area contributed by atoms with Crippen molar-refractivity contribution in [3.63, 3.8) is 0 Å². The number of carbonyl (C=O) groups is 1. The number of nitrogens with one attached hydrogen (secondary N) is 2. The van der Waals surface area contributed by atoms with Crippen LogP contribution in [0.2, 0.25) is 0 Å². The summed E-state index contributed by atoms with van der Waals surface area (Å²) in [6.07, 6.45) is 2.11. The van der Waals surface area contributed by atoms with Gasteiger partial charge in [-0.1, -0.05) is 18.2 Å². The lowest BCUT2D eigenvalue weighted by Gasteiger charge is -2.28. The Morgan fingerprint density at radius 1 is 1.40 bits per heavy atom. The van der Waals surface area contributed by atoms with Crippen LogP contribution in [-0.4, -0.2) is 34.3 Å². The number of rotatable bonds is 2. The Bertz CT molecular complexity index is 626. The molecule has 2 N–H and O–H groups in total. The van der Waals surface area contributed by atoms with Gasteiger partial charge < -0.3 is 10.6 Å². The van der Waals surface area contributed by atoms with Gasteiger partial charge in [0.05, 0.1) is 5.52 Å². The second-order valence-electron chi connectivity index (χ2n) is 5.55. The lowest BCUT2D eigenvalue weighted by molar-refractivity contribution is 0.0923. The molecular weight excluding hydrogens is 252 g/mol. The van der Waals surface area contributed by atoms with Gasteiger partial charge in [0.1, 0.15) is 0 Å². The third kappa shape index (κ3) is 2.41. The van der Waals surface area contributed by atoms with E-state index in [0.717, 1.165) is 30.3 Å². The second kappa shape index (κ2) is 5.25. The maximum atomic E-state index is 12.4. The topological polar surface area (TPSA) is 59.0 Å². The van der Waals surface area contributed by atoms with Crippen LogP contribution in [-0.2, 0) is 7.05 Å². The Kier molecular flexibility index (Phi) is 3.44. The predicted octanol–water partition coefficient (Wildman–Crippen LogP) is 1.44. The number of piperidine rings is 1. The van der Waals surface area contributed by atoms with E-state index in [1.165, 1.54) is 0 Å². The highest BCUT2D eigenvalue weighted by molar-refractivity contribution is 6.04. The summed E-state index contributed by atoms with van der Waals surface area (Å²) in [6.45, 7) is 3.00. The fraction of sp³-hybridized carbons (Fsp3) is 0.467. The van der Waals surface area contributed by atoms with E-state index >= 15 is 0 Å². The molecule has 2 unspecified atom stereocenters. The summed E-state index contributed by atoms with van der Waals surface area (Å²) < 4.78 is 1.76. The summed E-state index contributed by atoms with van der Waals surface area (Å²) in [4.78, 5) is 12.4. The van der Waals surface area contributed by atoms with E-state index in [0.29, 0.717) is 11.7 Å². The predicted molar refractivity (Wildman–Crippen MR) is 78.7 cm³/mol. The van der Waals surface area contributed by atoms with Crippen molar-refractivity contribution in [3.8, 4) is 0 Å². The van der Waals surface area contributed by atoms with E-state index in [9.17, 15) is 4.79 Å². The average Bonchev–Trinajstić information content (AvgIpc) is 2.79. The third-order valence-corrected chi connectivity index (χ3v) is 3.97. The number of aryl methyl sites for hydroxylation is 1. The lowest BCUT2D eigenvalue weighted by atomic mass is 10.0. The number of para-hydroxylation sites is 1. The number of nitrogens with zero attached hydrogens (tertiary/aromatic N) is 2. The molecule has 1 saturated heterocycles. The van der Waals surface area contributed by atoms with Gasteiger partial charge >= 0.3 is 0 Å². The SMILES string of the molecule is CC1CCC(NC(=O)c2nn(C)c3ccccc23)CN1. The number of hydrogen-bond donors (Lipinski definition) is 2. The molecule has 1 amide bonds. The normalized spacial score (nSPS) is 22.9. The number of aromatic nitrogens is 2. The molecule has 1 aromatic heterocycles. The first kappa shape index (κ1) is 13.1. The lowest BCUT2D eigenvalue weighted by Crippen LogP contribution is -2.48. The van der Waals surface area contributed by atoms with Crippen LogP contribution in [0.3, 0.4) is 0 Å². The minimum absolute atomic E-state index is 0.0804. The number of carbonyl (C=O) groups excluding carboxylic acids is 1. The Morgan fingerprint density at radius 2 is 2.20 bits per heavy atom. The standard InChI is InChI=1S/C15H20N4O/c1-10-7-8-11(9-16-10)17-15(20)14-12-5-3-4-6-13(12)19(2)18-14/h3-6,10-11,16H,7-9H2,1-2H3,(H,17,20). The molecule has 1 aliphatic rings.